The summed E-state index contributed by atoms with van der Waals surface area (Å²) in [6, 6.07) is 7.89. The average molecular weight is 244 g/mol. The summed E-state index contributed by atoms with van der Waals surface area (Å²) in [5, 5.41) is 3.86. The van der Waals surface area contributed by atoms with E-state index >= 15 is 0 Å². The molecule has 90 valence electrons. The van der Waals surface area contributed by atoms with Gasteiger partial charge in [-0.2, -0.15) is 4.98 Å². The minimum Gasteiger partial charge on any atom is -0.459 e. The van der Waals surface area contributed by atoms with Crippen LogP contribution in [0, 0.1) is 12.7 Å². The van der Waals surface area contributed by atoms with Gasteiger partial charge in [-0.25, -0.2) is 4.39 Å². The molecule has 0 N–H and O–H groups in total. The first-order chi connectivity index (χ1) is 8.74. The van der Waals surface area contributed by atoms with Gasteiger partial charge in [0.2, 0.25) is 5.82 Å². The van der Waals surface area contributed by atoms with Crippen LogP contribution >= 0.6 is 0 Å². The zero-order chi connectivity index (χ0) is 12.5. The molecule has 5 heteroatoms. The van der Waals surface area contributed by atoms with Gasteiger partial charge in [0.1, 0.15) is 5.82 Å². The van der Waals surface area contributed by atoms with E-state index in [4.69, 9.17) is 8.94 Å². The molecule has 0 aliphatic heterocycles. The third kappa shape index (κ3) is 1.79. The molecule has 0 atom stereocenters. The van der Waals surface area contributed by atoms with Crippen LogP contribution in [0.25, 0.3) is 23.0 Å². The van der Waals surface area contributed by atoms with Crippen LogP contribution in [0.15, 0.2) is 45.5 Å². The van der Waals surface area contributed by atoms with Gasteiger partial charge in [-0.15, -0.1) is 0 Å². The molecule has 4 nitrogen and oxygen atoms in total. The number of hydrogen-bond acceptors (Lipinski definition) is 4. The van der Waals surface area contributed by atoms with Crippen molar-refractivity contribution in [1.82, 2.24) is 10.1 Å². The largest absolute Gasteiger partial charge is 0.459 e. The number of nitrogens with zero attached hydrogens (tertiary/aromatic N) is 2. The Morgan fingerprint density at radius 3 is 2.83 bits per heavy atom. The number of aryl methyl sites for hydroxylation is 1. The molecule has 0 amide bonds. The van der Waals surface area contributed by atoms with Gasteiger partial charge in [-0.3, -0.25) is 0 Å². The van der Waals surface area contributed by atoms with E-state index in [1.807, 2.05) is 0 Å². The van der Waals surface area contributed by atoms with Crippen molar-refractivity contribution in [1.29, 1.82) is 0 Å². The molecule has 0 saturated heterocycles. The lowest BCUT2D eigenvalue weighted by Crippen LogP contribution is -1.87. The molecule has 3 aromatic rings. The first kappa shape index (κ1) is 10.7. The van der Waals surface area contributed by atoms with Crippen molar-refractivity contribution in [2.45, 2.75) is 6.92 Å². The standard InChI is InChI=1S/C13H9FN2O2/c1-8-7-9(14)4-5-10(8)12-15-13(18-16-12)11-3-2-6-17-11/h2-7H,1H3. The second-order valence-corrected chi connectivity index (χ2v) is 3.86. The van der Waals surface area contributed by atoms with E-state index in [1.165, 1.54) is 18.4 Å². The number of halogens is 1. The Labute approximate surface area is 102 Å². The Balaban J connectivity index is 2.03. The minimum atomic E-state index is -0.286. The van der Waals surface area contributed by atoms with Crippen LogP contribution in [0.3, 0.4) is 0 Å². The summed E-state index contributed by atoms with van der Waals surface area (Å²) in [7, 11) is 0. The summed E-state index contributed by atoms with van der Waals surface area (Å²) < 4.78 is 23.3. The monoisotopic (exact) mass is 244 g/mol. The van der Waals surface area contributed by atoms with Crippen LogP contribution in [-0.2, 0) is 0 Å². The Hall–Kier alpha value is -2.43. The Morgan fingerprint density at radius 2 is 2.11 bits per heavy atom. The second kappa shape index (κ2) is 4.10. The normalized spacial score (nSPS) is 10.8. The molecule has 0 saturated carbocycles. The van der Waals surface area contributed by atoms with E-state index in [1.54, 1.807) is 25.1 Å². The van der Waals surface area contributed by atoms with E-state index in [0.29, 0.717) is 17.5 Å². The number of furan rings is 1. The first-order valence-electron chi connectivity index (χ1n) is 5.38. The lowest BCUT2D eigenvalue weighted by molar-refractivity contribution is 0.417. The van der Waals surface area contributed by atoms with Crippen molar-refractivity contribution in [2.75, 3.05) is 0 Å². The van der Waals surface area contributed by atoms with Gasteiger partial charge in [0.25, 0.3) is 5.89 Å². The molecule has 0 unspecified atom stereocenters. The molecule has 2 aromatic heterocycles. The lowest BCUT2D eigenvalue weighted by Gasteiger charge is -1.99. The third-order valence-electron chi connectivity index (χ3n) is 2.59. The smallest absolute Gasteiger partial charge is 0.293 e. The van der Waals surface area contributed by atoms with E-state index < -0.39 is 0 Å². The fraction of sp³-hybridized carbons (Fsp3) is 0.0769. The van der Waals surface area contributed by atoms with Crippen molar-refractivity contribution in [2.24, 2.45) is 0 Å². The fourth-order valence-corrected chi connectivity index (χ4v) is 1.71. The maximum atomic E-state index is 13.0. The molecule has 0 bridgehead atoms. The van der Waals surface area contributed by atoms with Gasteiger partial charge < -0.3 is 8.94 Å². The van der Waals surface area contributed by atoms with Gasteiger partial charge >= 0.3 is 0 Å². The number of aromatic nitrogens is 2. The molecule has 0 fully saturated rings. The summed E-state index contributed by atoms with van der Waals surface area (Å²) in [5.41, 5.74) is 1.49. The van der Waals surface area contributed by atoms with E-state index in [2.05, 4.69) is 10.1 Å². The van der Waals surface area contributed by atoms with E-state index in [9.17, 15) is 4.39 Å². The van der Waals surface area contributed by atoms with Crippen LogP contribution in [-0.4, -0.2) is 10.1 Å². The molecule has 0 spiro atoms. The summed E-state index contributed by atoms with van der Waals surface area (Å²) in [4.78, 5) is 4.22. The molecule has 18 heavy (non-hydrogen) atoms. The van der Waals surface area contributed by atoms with Crippen LogP contribution in [0.5, 0.6) is 0 Å². The van der Waals surface area contributed by atoms with Gasteiger partial charge in [-0.05, 0) is 42.8 Å². The Kier molecular flexibility index (Phi) is 2.44. The van der Waals surface area contributed by atoms with E-state index in [-0.39, 0.29) is 5.82 Å². The highest BCUT2D eigenvalue weighted by Crippen LogP contribution is 2.24. The zero-order valence-corrected chi connectivity index (χ0v) is 9.55. The summed E-state index contributed by atoms with van der Waals surface area (Å²) in [6.07, 6.45) is 1.53. The Morgan fingerprint density at radius 1 is 1.22 bits per heavy atom. The molecule has 0 aliphatic carbocycles. The molecular formula is C13H9FN2O2. The number of benzene rings is 1. The van der Waals surface area contributed by atoms with Gasteiger partial charge in [-0.1, -0.05) is 5.16 Å². The summed E-state index contributed by atoms with van der Waals surface area (Å²) >= 11 is 0. The summed E-state index contributed by atoms with van der Waals surface area (Å²) in [5.74, 6) is 0.942. The quantitative estimate of drug-likeness (QED) is 0.692. The van der Waals surface area contributed by atoms with Gasteiger partial charge in [0, 0.05) is 5.56 Å². The number of rotatable bonds is 2. The second-order valence-electron chi connectivity index (χ2n) is 3.86. The number of hydrogen-bond donors (Lipinski definition) is 0. The van der Waals surface area contributed by atoms with Crippen LogP contribution in [0.1, 0.15) is 5.56 Å². The highest BCUT2D eigenvalue weighted by Gasteiger charge is 2.14. The summed E-state index contributed by atoms with van der Waals surface area (Å²) in [6.45, 7) is 1.79. The van der Waals surface area contributed by atoms with Crippen LogP contribution in [0.4, 0.5) is 4.39 Å². The highest BCUT2D eigenvalue weighted by molar-refractivity contribution is 5.61. The molecule has 0 aliphatic rings. The van der Waals surface area contributed by atoms with Gasteiger partial charge in [0.15, 0.2) is 5.76 Å². The molecular weight excluding hydrogens is 235 g/mol. The maximum absolute atomic E-state index is 13.0. The van der Waals surface area contributed by atoms with Crippen molar-refractivity contribution < 1.29 is 13.3 Å². The highest BCUT2D eigenvalue weighted by atomic mass is 19.1. The molecule has 2 heterocycles. The Bertz CT molecular complexity index is 674. The third-order valence-corrected chi connectivity index (χ3v) is 2.59. The van der Waals surface area contributed by atoms with Crippen LogP contribution < -0.4 is 0 Å². The van der Waals surface area contributed by atoms with Gasteiger partial charge in [0.05, 0.1) is 6.26 Å². The zero-order valence-electron chi connectivity index (χ0n) is 9.55. The molecule has 1 aromatic carbocycles. The predicted octanol–water partition coefficient (Wildman–Crippen LogP) is 3.44. The van der Waals surface area contributed by atoms with Crippen molar-refractivity contribution >= 4 is 0 Å². The van der Waals surface area contributed by atoms with Crippen molar-refractivity contribution in [3.05, 3.63) is 48.0 Å². The SMILES string of the molecule is Cc1cc(F)ccc1-c1noc(-c2ccco2)n1. The molecule has 3 rings (SSSR count). The van der Waals surface area contributed by atoms with Crippen LogP contribution in [0.2, 0.25) is 0 Å². The topological polar surface area (TPSA) is 52.1 Å². The molecule has 0 radical (unpaired) electrons. The first-order valence-corrected chi connectivity index (χ1v) is 5.38. The minimum absolute atomic E-state index is 0.286. The lowest BCUT2D eigenvalue weighted by atomic mass is 10.1. The van der Waals surface area contributed by atoms with E-state index in [0.717, 1.165) is 11.1 Å². The van der Waals surface area contributed by atoms with Crippen molar-refractivity contribution in [3.63, 3.8) is 0 Å². The average Bonchev–Trinajstić information content (AvgIpc) is 2.99. The van der Waals surface area contributed by atoms with Crippen molar-refractivity contribution in [3.8, 4) is 23.0 Å². The fourth-order valence-electron chi connectivity index (χ4n) is 1.71. The predicted molar refractivity (Wildman–Crippen MR) is 62.1 cm³/mol. The maximum Gasteiger partial charge on any atom is 0.293 e.